The molecule has 1 aromatic carbocycles. The van der Waals surface area contributed by atoms with Crippen LogP contribution in [0.25, 0.3) is 11.3 Å². The summed E-state index contributed by atoms with van der Waals surface area (Å²) < 4.78 is 0. The summed E-state index contributed by atoms with van der Waals surface area (Å²) in [4.78, 5) is 8.01. The number of H-pyrrole nitrogens is 1. The monoisotopic (exact) mass is 297 g/mol. The maximum atomic E-state index is 6.00. The lowest BCUT2D eigenvalue weighted by atomic mass is 9.98. The van der Waals surface area contributed by atoms with Crippen LogP contribution in [0.5, 0.6) is 0 Å². The number of benzene rings is 1. The van der Waals surface area contributed by atoms with E-state index in [1.165, 1.54) is 0 Å². The molecule has 0 unspecified atom stereocenters. The fourth-order valence-electron chi connectivity index (χ4n) is 2.44. The Kier molecular flexibility index (Phi) is 4.86. The number of nitrogens with one attached hydrogen (secondary N) is 2. The van der Waals surface area contributed by atoms with Gasteiger partial charge in [0.15, 0.2) is 0 Å². The molecule has 1 aliphatic heterocycles. The number of piperidine rings is 1. The molecule has 1 aromatic heterocycles. The molecule has 3 rings (SSSR count). The van der Waals surface area contributed by atoms with Crippen molar-refractivity contribution in [3.8, 4) is 11.3 Å². The smallest absolute Gasteiger partial charge is 0.110 e. The highest BCUT2D eigenvalue weighted by molar-refractivity contribution is 6.30. The Morgan fingerprint density at radius 2 is 2.00 bits per heavy atom. The fraction of sp³-hybridized carbons (Fsp3) is 0.357. The van der Waals surface area contributed by atoms with Crippen molar-refractivity contribution >= 4 is 24.0 Å². The molecule has 1 aliphatic rings. The van der Waals surface area contributed by atoms with Crippen LogP contribution >= 0.6 is 24.0 Å². The zero-order valence-electron chi connectivity index (χ0n) is 10.5. The van der Waals surface area contributed by atoms with Gasteiger partial charge in [-0.05, 0) is 38.1 Å². The van der Waals surface area contributed by atoms with E-state index in [1.54, 1.807) is 0 Å². The molecule has 5 heteroatoms. The van der Waals surface area contributed by atoms with Crippen molar-refractivity contribution in [1.82, 2.24) is 15.3 Å². The number of imidazole rings is 1. The van der Waals surface area contributed by atoms with Crippen LogP contribution in [-0.4, -0.2) is 23.1 Å². The first-order chi connectivity index (χ1) is 8.83. The molecule has 19 heavy (non-hydrogen) atoms. The van der Waals surface area contributed by atoms with E-state index < -0.39 is 0 Å². The number of aromatic nitrogens is 2. The first kappa shape index (κ1) is 14.4. The van der Waals surface area contributed by atoms with E-state index in [9.17, 15) is 0 Å². The van der Waals surface area contributed by atoms with Gasteiger partial charge in [-0.15, -0.1) is 12.4 Å². The minimum Gasteiger partial charge on any atom is -0.348 e. The number of halogens is 2. The van der Waals surface area contributed by atoms with Crippen LogP contribution in [0.3, 0.4) is 0 Å². The maximum absolute atomic E-state index is 6.00. The molecule has 0 spiro atoms. The van der Waals surface area contributed by atoms with Crippen molar-refractivity contribution in [3.63, 3.8) is 0 Å². The topological polar surface area (TPSA) is 40.7 Å². The molecule has 3 nitrogen and oxygen atoms in total. The van der Waals surface area contributed by atoms with Crippen LogP contribution in [0.2, 0.25) is 5.02 Å². The summed E-state index contributed by atoms with van der Waals surface area (Å²) in [5.41, 5.74) is 2.05. The molecule has 0 radical (unpaired) electrons. The average Bonchev–Trinajstić information content (AvgIpc) is 2.89. The van der Waals surface area contributed by atoms with Gasteiger partial charge in [0.2, 0.25) is 0 Å². The van der Waals surface area contributed by atoms with E-state index in [1.807, 2.05) is 30.5 Å². The number of hydrogen-bond acceptors (Lipinski definition) is 2. The Bertz CT molecular complexity index is 533. The van der Waals surface area contributed by atoms with Gasteiger partial charge in [0, 0.05) is 22.7 Å². The van der Waals surface area contributed by atoms with E-state index in [-0.39, 0.29) is 12.4 Å². The van der Waals surface area contributed by atoms with E-state index in [0.717, 1.165) is 48.0 Å². The van der Waals surface area contributed by atoms with Crippen molar-refractivity contribution in [2.24, 2.45) is 0 Å². The van der Waals surface area contributed by atoms with E-state index in [0.29, 0.717) is 5.92 Å². The van der Waals surface area contributed by atoms with Crippen LogP contribution in [0.15, 0.2) is 30.5 Å². The van der Waals surface area contributed by atoms with Crippen LogP contribution < -0.4 is 5.32 Å². The highest BCUT2D eigenvalue weighted by Gasteiger charge is 2.18. The minimum atomic E-state index is 0. The molecule has 0 atom stereocenters. The molecule has 102 valence electrons. The zero-order chi connectivity index (χ0) is 12.4. The lowest BCUT2D eigenvalue weighted by Crippen LogP contribution is -2.27. The van der Waals surface area contributed by atoms with Crippen LogP contribution in [0.1, 0.15) is 24.6 Å². The molecule has 2 heterocycles. The summed E-state index contributed by atoms with van der Waals surface area (Å²) in [7, 11) is 0. The highest BCUT2D eigenvalue weighted by Crippen LogP contribution is 2.26. The minimum absolute atomic E-state index is 0. The summed E-state index contributed by atoms with van der Waals surface area (Å²) in [6, 6.07) is 7.82. The van der Waals surface area contributed by atoms with E-state index in [4.69, 9.17) is 16.6 Å². The van der Waals surface area contributed by atoms with Gasteiger partial charge >= 0.3 is 0 Å². The standard InChI is InChI=1S/C14H16ClN3.ClH/c15-12-3-1-2-11(8-12)13-9-17-14(18-13)10-4-6-16-7-5-10;/h1-3,8-10,16H,4-7H2,(H,17,18);1H. The van der Waals surface area contributed by atoms with Crippen molar-refractivity contribution in [2.75, 3.05) is 13.1 Å². The summed E-state index contributed by atoms with van der Waals surface area (Å²) in [5, 5.41) is 4.12. The van der Waals surface area contributed by atoms with Crippen molar-refractivity contribution in [2.45, 2.75) is 18.8 Å². The summed E-state index contributed by atoms with van der Waals surface area (Å²) in [6.45, 7) is 2.16. The molecule has 0 aliphatic carbocycles. The predicted molar refractivity (Wildman–Crippen MR) is 81.1 cm³/mol. The van der Waals surface area contributed by atoms with E-state index in [2.05, 4.69) is 10.3 Å². The van der Waals surface area contributed by atoms with Crippen molar-refractivity contribution in [3.05, 3.63) is 41.3 Å². The first-order valence-electron chi connectivity index (χ1n) is 6.35. The second kappa shape index (κ2) is 6.42. The molecule has 2 N–H and O–H groups in total. The van der Waals surface area contributed by atoms with Gasteiger partial charge in [-0.25, -0.2) is 4.98 Å². The third-order valence-electron chi connectivity index (χ3n) is 3.44. The van der Waals surface area contributed by atoms with Crippen molar-refractivity contribution in [1.29, 1.82) is 0 Å². The lowest BCUT2D eigenvalue weighted by molar-refractivity contribution is 0.447. The molecule has 0 bridgehead atoms. The average molecular weight is 298 g/mol. The molecule has 0 amide bonds. The Labute approximate surface area is 124 Å². The summed E-state index contributed by atoms with van der Waals surface area (Å²) in [6.07, 6.45) is 4.29. The van der Waals surface area contributed by atoms with Crippen molar-refractivity contribution < 1.29 is 0 Å². The number of nitrogens with zero attached hydrogens (tertiary/aromatic N) is 1. The van der Waals surface area contributed by atoms with Crippen LogP contribution in [0, 0.1) is 0 Å². The van der Waals surface area contributed by atoms with Gasteiger partial charge in [-0.1, -0.05) is 23.7 Å². The number of hydrogen-bond donors (Lipinski definition) is 2. The van der Waals surface area contributed by atoms with Crippen LogP contribution in [0.4, 0.5) is 0 Å². The Morgan fingerprint density at radius 3 is 2.74 bits per heavy atom. The largest absolute Gasteiger partial charge is 0.348 e. The highest BCUT2D eigenvalue weighted by atomic mass is 35.5. The van der Waals surface area contributed by atoms with Gasteiger partial charge < -0.3 is 10.3 Å². The predicted octanol–water partition coefficient (Wildman–Crippen LogP) is 3.62. The third kappa shape index (κ3) is 3.30. The van der Waals surface area contributed by atoms with Gasteiger partial charge in [-0.3, -0.25) is 0 Å². The molecule has 1 fully saturated rings. The number of aromatic amines is 1. The normalized spacial score (nSPS) is 16.1. The number of rotatable bonds is 2. The lowest BCUT2D eigenvalue weighted by Gasteiger charge is -2.20. The molecule has 0 saturated carbocycles. The SMILES string of the molecule is Cl.Clc1cccc(-c2c[nH]c(C3CCNCC3)n2)c1. The van der Waals surface area contributed by atoms with Gasteiger partial charge in [0.1, 0.15) is 5.82 Å². The quantitative estimate of drug-likeness (QED) is 0.889. The zero-order valence-corrected chi connectivity index (χ0v) is 12.1. The Balaban J connectivity index is 0.00000133. The third-order valence-corrected chi connectivity index (χ3v) is 3.68. The van der Waals surface area contributed by atoms with Gasteiger partial charge in [0.25, 0.3) is 0 Å². The maximum Gasteiger partial charge on any atom is 0.110 e. The summed E-state index contributed by atoms with van der Waals surface area (Å²) in [5.74, 6) is 1.66. The summed E-state index contributed by atoms with van der Waals surface area (Å²) >= 11 is 6.00. The van der Waals surface area contributed by atoms with Crippen LogP contribution in [-0.2, 0) is 0 Å². The molecule has 2 aromatic rings. The van der Waals surface area contributed by atoms with Gasteiger partial charge in [0.05, 0.1) is 5.69 Å². The fourth-order valence-corrected chi connectivity index (χ4v) is 2.63. The van der Waals surface area contributed by atoms with E-state index >= 15 is 0 Å². The molecular formula is C14H17Cl2N3. The van der Waals surface area contributed by atoms with Gasteiger partial charge in [-0.2, -0.15) is 0 Å². The first-order valence-corrected chi connectivity index (χ1v) is 6.73. The molecular weight excluding hydrogens is 281 g/mol. The molecule has 1 saturated heterocycles. The second-order valence-corrected chi connectivity index (χ2v) is 5.14. The Hall–Kier alpha value is -1.03. The second-order valence-electron chi connectivity index (χ2n) is 4.71. The Morgan fingerprint density at radius 1 is 1.21 bits per heavy atom.